The maximum atomic E-state index is 12.7. The Labute approximate surface area is 186 Å². The van der Waals surface area contributed by atoms with Crippen LogP contribution in [-0.4, -0.2) is 31.3 Å². The molecule has 0 aliphatic heterocycles. The summed E-state index contributed by atoms with van der Waals surface area (Å²) >= 11 is 10.2. The van der Waals surface area contributed by atoms with E-state index >= 15 is 0 Å². The lowest BCUT2D eigenvalue weighted by atomic mass is 10.2. The summed E-state index contributed by atoms with van der Waals surface area (Å²) in [5.41, 5.74) is 0.421. The molecule has 1 N–H and O–H groups in total. The van der Waals surface area contributed by atoms with E-state index in [1.165, 1.54) is 5.54 Å². The lowest BCUT2D eigenvalue weighted by molar-refractivity contribution is -0.138. The van der Waals surface area contributed by atoms with E-state index in [4.69, 9.17) is 28.3 Å². The molecule has 1 heterocycles. The Morgan fingerprint density at radius 2 is 1.90 bits per heavy atom. The van der Waals surface area contributed by atoms with Gasteiger partial charge in [-0.15, -0.1) is 16.7 Å². The minimum Gasteiger partial charge on any atom is -0.481 e. The zero-order valence-electron chi connectivity index (χ0n) is 16.4. The van der Waals surface area contributed by atoms with Gasteiger partial charge in [0.05, 0.1) is 24.2 Å². The number of aliphatic carboxylic acids is 1. The minimum absolute atomic E-state index is 0.123. The van der Waals surface area contributed by atoms with E-state index in [1.54, 1.807) is 25.2 Å². The van der Waals surface area contributed by atoms with Crippen molar-refractivity contribution >= 4 is 34.7 Å². The van der Waals surface area contributed by atoms with Gasteiger partial charge in [-0.2, -0.15) is 13.2 Å². The van der Waals surface area contributed by atoms with E-state index in [-0.39, 0.29) is 24.5 Å². The molecule has 0 aliphatic carbocycles. The summed E-state index contributed by atoms with van der Waals surface area (Å²) in [7, 11) is 0. The second-order valence-electron chi connectivity index (χ2n) is 5.89. The molecule has 0 bridgehead atoms. The largest absolute Gasteiger partial charge is 0.481 e. The highest BCUT2D eigenvalue weighted by Gasteiger charge is 2.30. The van der Waals surface area contributed by atoms with Crippen molar-refractivity contribution in [3.8, 4) is 5.69 Å². The molecule has 31 heavy (non-hydrogen) atoms. The van der Waals surface area contributed by atoms with Crippen molar-refractivity contribution in [3.05, 3.63) is 76.5 Å². The molecule has 0 unspecified atom stereocenters. The summed E-state index contributed by atoms with van der Waals surface area (Å²) in [5, 5.41) is 12.9. The highest BCUT2D eigenvalue weighted by Crippen LogP contribution is 2.29. The number of carbonyl (C=O) groups is 1. The Morgan fingerprint density at radius 3 is 2.32 bits per heavy atom. The molecule has 0 aliphatic rings. The zero-order valence-corrected chi connectivity index (χ0v) is 18.0. The fourth-order valence-electron chi connectivity index (χ4n) is 2.30. The number of allylic oxidation sites excluding steroid dienone is 4. The quantitative estimate of drug-likeness (QED) is 0.444. The van der Waals surface area contributed by atoms with Gasteiger partial charge in [0.15, 0.2) is 5.82 Å². The van der Waals surface area contributed by atoms with Crippen LogP contribution in [0, 0.1) is 0 Å². The first-order valence-electron chi connectivity index (χ1n) is 8.79. The van der Waals surface area contributed by atoms with Crippen molar-refractivity contribution in [2.24, 2.45) is 0 Å². The Balaban J connectivity index is 0.000000861. The molecule has 1 aromatic carbocycles. The topological polar surface area (TPSA) is 77.1 Å². The second-order valence-corrected chi connectivity index (χ2v) is 6.45. The number of hydrogen-bond acceptors (Lipinski definition) is 3. The summed E-state index contributed by atoms with van der Waals surface area (Å²) in [5.74, 6) is -0.475. The average molecular weight is 478 g/mol. The zero-order chi connectivity index (χ0) is 23.6. The predicted octanol–water partition coefficient (Wildman–Crippen LogP) is 5.09. The smallest absolute Gasteiger partial charge is 0.416 e. The molecule has 0 saturated heterocycles. The van der Waals surface area contributed by atoms with Gasteiger partial charge in [0.2, 0.25) is 0 Å². The van der Waals surface area contributed by atoms with Gasteiger partial charge >= 0.3 is 17.8 Å². The Hall–Kier alpha value is -2.78. The monoisotopic (exact) mass is 477 g/mol. The van der Waals surface area contributed by atoms with Crippen LogP contribution in [-0.2, 0) is 17.5 Å². The van der Waals surface area contributed by atoms with Gasteiger partial charge < -0.3 is 5.11 Å². The van der Waals surface area contributed by atoms with Gasteiger partial charge in [-0.25, -0.2) is 14.0 Å². The van der Waals surface area contributed by atoms with Gasteiger partial charge in [0.25, 0.3) is 0 Å². The number of aryl methyl sites for hydroxylation is 1. The molecule has 168 valence electrons. The summed E-state index contributed by atoms with van der Waals surface area (Å²) in [6.07, 6.45) is 0.0964. The lowest BCUT2D eigenvalue weighted by Gasteiger charge is -2.09. The molecule has 0 fully saturated rings. The summed E-state index contributed by atoms with van der Waals surface area (Å²) in [4.78, 5) is 23.3. The third kappa shape index (κ3) is 7.76. The number of aromatic nitrogens is 3. The fourth-order valence-corrected chi connectivity index (χ4v) is 2.57. The van der Waals surface area contributed by atoms with E-state index in [0.717, 1.165) is 33.5 Å². The normalized spacial score (nSPS) is 11.5. The first-order valence-corrected chi connectivity index (χ1v) is 9.76. The van der Waals surface area contributed by atoms with Gasteiger partial charge in [-0.05, 0) is 31.2 Å². The number of benzene rings is 1. The molecule has 0 amide bonds. The van der Waals surface area contributed by atoms with Gasteiger partial charge in [0.1, 0.15) is 0 Å². The summed E-state index contributed by atoms with van der Waals surface area (Å²) < 4.78 is 40.2. The molecule has 0 spiro atoms. The molecule has 1 aromatic heterocycles. The van der Waals surface area contributed by atoms with Crippen LogP contribution in [0.15, 0.2) is 59.4 Å². The first-order chi connectivity index (χ1) is 14.6. The third-order valence-corrected chi connectivity index (χ3v) is 4.02. The van der Waals surface area contributed by atoms with Crippen molar-refractivity contribution in [3.63, 3.8) is 0 Å². The van der Waals surface area contributed by atoms with E-state index in [0.29, 0.717) is 11.5 Å². The Kier molecular flexibility index (Phi) is 10.3. The Morgan fingerprint density at radius 1 is 1.29 bits per heavy atom. The fraction of sp³-hybridized carbons (Fsp3) is 0.250. The number of rotatable bonds is 7. The number of alkyl halides is 4. The standard InChI is InChI=1S/C17H16F3N3O3.C3H4Cl2/c1-3-4-11(2)15-21-22(10-9-14(24)25)16(26)23(15)13-7-5-12(6-8-13)17(18,19)20;4-2-1-3-5/h3-8H,2,9-10H2,1H3,(H,24,25);1-2H,3H2/b4-3-;2-1+. The van der Waals surface area contributed by atoms with Gasteiger partial charge in [-0.1, -0.05) is 36.4 Å². The van der Waals surface area contributed by atoms with Gasteiger partial charge in [-0.3, -0.25) is 4.79 Å². The maximum absolute atomic E-state index is 12.7. The highest BCUT2D eigenvalue weighted by atomic mass is 35.5. The van der Waals surface area contributed by atoms with Crippen LogP contribution in [0.1, 0.15) is 24.7 Å². The number of hydrogen-bond donors (Lipinski definition) is 1. The average Bonchev–Trinajstić information content (AvgIpc) is 3.03. The minimum atomic E-state index is -4.49. The van der Waals surface area contributed by atoms with E-state index < -0.39 is 23.4 Å². The number of carboxylic acid groups (broad SMARTS) is 1. The molecular weight excluding hydrogens is 458 g/mol. The molecule has 0 saturated carbocycles. The molecule has 2 rings (SSSR count). The molecular formula is C20H20Cl2F3N3O3. The SMILES string of the molecule is C=C(/C=C\C)c1nn(CCC(=O)O)c(=O)n1-c1ccc(C(F)(F)F)cc1.Cl/C=C/CCl. The number of carboxylic acids is 1. The first kappa shape index (κ1) is 26.3. The van der Waals surface area contributed by atoms with Crippen LogP contribution in [0.5, 0.6) is 0 Å². The predicted molar refractivity (Wildman–Crippen MR) is 115 cm³/mol. The summed E-state index contributed by atoms with van der Waals surface area (Å²) in [6.45, 7) is 5.35. The second kappa shape index (κ2) is 12.2. The molecule has 0 atom stereocenters. The van der Waals surface area contributed by atoms with Crippen LogP contribution in [0.4, 0.5) is 13.2 Å². The van der Waals surface area contributed by atoms with Crippen molar-refractivity contribution in [2.75, 3.05) is 5.88 Å². The molecule has 11 heteroatoms. The van der Waals surface area contributed by atoms with Crippen molar-refractivity contribution in [1.82, 2.24) is 14.3 Å². The molecule has 6 nitrogen and oxygen atoms in total. The summed E-state index contributed by atoms with van der Waals surface area (Å²) in [6, 6.07) is 4.02. The Bertz CT molecular complexity index is 1010. The highest BCUT2D eigenvalue weighted by molar-refractivity contribution is 6.26. The van der Waals surface area contributed by atoms with Crippen LogP contribution in [0.25, 0.3) is 11.3 Å². The van der Waals surface area contributed by atoms with Crippen molar-refractivity contribution < 1.29 is 23.1 Å². The van der Waals surface area contributed by atoms with Crippen molar-refractivity contribution in [2.45, 2.75) is 26.1 Å². The van der Waals surface area contributed by atoms with Crippen molar-refractivity contribution in [1.29, 1.82) is 0 Å². The van der Waals surface area contributed by atoms with Gasteiger partial charge in [0, 0.05) is 17.0 Å². The van der Waals surface area contributed by atoms with Crippen LogP contribution in [0.2, 0.25) is 0 Å². The molecule has 0 radical (unpaired) electrons. The van der Waals surface area contributed by atoms with Crippen LogP contribution < -0.4 is 5.69 Å². The molecule has 2 aromatic rings. The number of halogens is 5. The number of nitrogens with zero attached hydrogens (tertiary/aromatic N) is 3. The van der Waals surface area contributed by atoms with E-state index in [1.807, 2.05) is 0 Å². The third-order valence-electron chi connectivity index (χ3n) is 3.66. The van der Waals surface area contributed by atoms with E-state index in [9.17, 15) is 22.8 Å². The van der Waals surface area contributed by atoms with Crippen LogP contribution >= 0.6 is 23.2 Å². The maximum Gasteiger partial charge on any atom is 0.416 e. The van der Waals surface area contributed by atoms with E-state index in [2.05, 4.69) is 11.7 Å². The lowest BCUT2D eigenvalue weighted by Crippen LogP contribution is -2.25. The van der Waals surface area contributed by atoms with Crippen LogP contribution in [0.3, 0.4) is 0 Å².